The van der Waals surface area contributed by atoms with Crippen LogP contribution in [0.15, 0.2) is 0 Å². The Labute approximate surface area is 86.3 Å². The van der Waals surface area contributed by atoms with E-state index < -0.39 is 12.3 Å². The summed E-state index contributed by atoms with van der Waals surface area (Å²) >= 11 is 0. The Morgan fingerprint density at radius 1 is 1.00 bits per heavy atom. The zero-order chi connectivity index (χ0) is 12.7. The minimum atomic E-state index is -1.83. The molecule has 8 nitrogen and oxygen atoms in total. The maximum atomic E-state index is 8.56. The van der Waals surface area contributed by atoms with Crippen molar-refractivity contribution in [2.24, 2.45) is 0 Å². The molecule has 0 unspecified atom stereocenters. The quantitative estimate of drug-likeness (QED) is 0.279. The van der Waals surface area contributed by atoms with Crippen molar-refractivity contribution in [2.75, 3.05) is 6.61 Å². The Hall–Kier alpha value is -1.54. The van der Waals surface area contributed by atoms with Crippen LogP contribution in [0.1, 0.15) is 26.2 Å². The van der Waals surface area contributed by atoms with Crippen LogP contribution < -0.4 is 0 Å². The van der Waals surface area contributed by atoms with Crippen LogP contribution in [0, 0.1) is 0 Å². The fourth-order valence-electron chi connectivity index (χ4n) is 0.417. The predicted molar refractivity (Wildman–Crippen MR) is 49.4 cm³/mol. The average Bonchev–Trinajstić information content (AvgIpc) is 2.03. The van der Waals surface area contributed by atoms with Crippen LogP contribution in [0.5, 0.6) is 0 Å². The van der Waals surface area contributed by atoms with Crippen molar-refractivity contribution in [1.29, 1.82) is 0 Å². The number of carboxylic acid groups (broad SMARTS) is 4. The van der Waals surface area contributed by atoms with Crippen molar-refractivity contribution in [3.8, 4) is 0 Å². The normalized spacial score (nSPS) is 7.60. The summed E-state index contributed by atoms with van der Waals surface area (Å²) in [5, 5.41) is 35.7. The molecule has 0 aliphatic carbocycles. The molecule has 0 heterocycles. The molecule has 5 N–H and O–H groups in total. The fraction of sp³-hybridized carbons (Fsp3) is 0.714. The Morgan fingerprint density at radius 3 is 1.53 bits per heavy atom. The van der Waals surface area contributed by atoms with Crippen molar-refractivity contribution < 1.29 is 40.2 Å². The van der Waals surface area contributed by atoms with E-state index in [2.05, 4.69) is 11.8 Å². The smallest absolute Gasteiger partial charge is 0.450 e. The largest absolute Gasteiger partial charge is 0.503 e. The van der Waals surface area contributed by atoms with Gasteiger partial charge in [0.05, 0.1) is 6.61 Å². The average molecular weight is 228 g/mol. The third-order valence-electron chi connectivity index (χ3n) is 0.839. The van der Waals surface area contributed by atoms with Gasteiger partial charge in [0, 0.05) is 0 Å². The summed E-state index contributed by atoms with van der Waals surface area (Å²) < 4.78 is 0. The zero-order valence-electron chi connectivity index (χ0n) is 8.29. The highest BCUT2D eigenvalue weighted by Gasteiger charge is 1.81. The van der Waals surface area contributed by atoms with E-state index >= 15 is 0 Å². The predicted octanol–water partition coefficient (Wildman–Crippen LogP) is 2.11. The molecule has 0 saturated heterocycles. The Balaban J connectivity index is -0.000000155. The molecule has 0 aromatic heterocycles. The number of unbranched alkanes of at least 4 members (excludes halogenated alkanes) is 2. The van der Waals surface area contributed by atoms with Crippen molar-refractivity contribution in [2.45, 2.75) is 26.2 Å². The van der Waals surface area contributed by atoms with E-state index in [1.54, 1.807) is 0 Å². The van der Waals surface area contributed by atoms with Gasteiger partial charge in [-0.15, -0.1) is 0 Å². The summed E-state index contributed by atoms with van der Waals surface area (Å²) in [6, 6.07) is 0. The summed E-state index contributed by atoms with van der Waals surface area (Å²) in [5.41, 5.74) is 0. The monoisotopic (exact) mass is 228 g/mol. The van der Waals surface area contributed by atoms with Crippen molar-refractivity contribution in [3.05, 3.63) is 0 Å². The van der Waals surface area contributed by atoms with Gasteiger partial charge in [-0.05, 0) is 6.42 Å². The van der Waals surface area contributed by atoms with Gasteiger partial charge in [0.2, 0.25) is 0 Å². The highest BCUT2D eigenvalue weighted by atomic mass is 17.1. The summed E-state index contributed by atoms with van der Waals surface area (Å²) in [6.45, 7) is 2.59. The summed E-state index contributed by atoms with van der Waals surface area (Å²) in [4.78, 5) is 21.0. The second-order valence-corrected chi connectivity index (χ2v) is 2.11. The van der Waals surface area contributed by atoms with Crippen LogP contribution in [0.25, 0.3) is 0 Å². The van der Waals surface area contributed by atoms with Gasteiger partial charge in [-0.1, -0.05) is 19.8 Å². The second-order valence-electron chi connectivity index (χ2n) is 2.11. The zero-order valence-corrected chi connectivity index (χ0v) is 8.29. The van der Waals surface area contributed by atoms with Gasteiger partial charge in [-0.3, -0.25) is 5.26 Å². The molecular weight excluding hydrogens is 212 g/mol. The van der Waals surface area contributed by atoms with Crippen molar-refractivity contribution in [3.63, 3.8) is 0 Å². The highest BCUT2D eigenvalue weighted by molar-refractivity contribution is 5.53. The van der Waals surface area contributed by atoms with Gasteiger partial charge in [0.25, 0.3) is 0 Å². The van der Waals surface area contributed by atoms with E-state index in [1.807, 2.05) is 0 Å². The molecule has 0 aliphatic rings. The summed E-state index contributed by atoms with van der Waals surface area (Å²) in [7, 11) is 0. The van der Waals surface area contributed by atoms with E-state index in [9.17, 15) is 0 Å². The minimum absolute atomic E-state index is 0.480. The van der Waals surface area contributed by atoms with E-state index in [4.69, 9.17) is 35.3 Å². The van der Waals surface area contributed by atoms with E-state index in [0.717, 1.165) is 12.8 Å². The maximum absolute atomic E-state index is 8.56. The molecule has 0 fully saturated rings. The molecule has 0 spiro atoms. The second kappa shape index (κ2) is 18.3. The molecule has 0 rings (SSSR count). The molecule has 0 bridgehead atoms. The molecule has 0 amide bonds. The third kappa shape index (κ3) is 225. The van der Waals surface area contributed by atoms with Gasteiger partial charge in [-0.2, -0.15) is 0 Å². The SMILES string of the molecule is CCCCCOO.O=C(O)O.O=C(O)O. The minimum Gasteiger partial charge on any atom is -0.450 e. The molecule has 0 aliphatic heterocycles. The maximum Gasteiger partial charge on any atom is 0.503 e. The lowest BCUT2D eigenvalue weighted by Gasteiger charge is -1.90. The van der Waals surface area contributed by atoms with E-state index in [-0.39, 0.29) is 0 Å². The molecule has 0 saturated carbocycles. The Morgan fingerprint density at radius 2 is 1.33 bits per heavy atom. The molecule has 0 radical (unpaired) electrons. The molecule has 15 heavy (non-hydrogen) atoms. The third-order valence-corrected chi connectivity index (χ3v) is 0.839. The van der Waals surface area contributed by atoms with Crippen molar-refractivity contribution in [1.82, 2.24) is 0 Å². The highest BCUT2D eigenvalue weighted by Crippen LogP contribution is 1.91. The molecule has 8 heteroatoms. The first-order valence-corrected chi connectivity index (χ1v) is 3.98. The molecule has 0 aromatic rings. The fourth-order valence-corrected chi connectivity index (χ4v) is 0.417. The van der Waals surface area contributed by atoms with Crippen LogP contribution in [-0.2, 0) is 4.89 Å². The van der Waals surface area contributed by atoms with Gasteiger partial charge in [0.15, 0.2) is 0 Å². The number of hydrogen-bond donors (Lipinski definition) is 5. The lowest BCUT2D eigenvalue weighted by atomic mass is 10.3. The van der Waals surface area contributed by atoms with Crippen LogP contribution in [0.2, 0.25) is 0 Å². The van der Waals surface area contributed by atoms with Crippen LogP contribution in [0.3, 0.4) is 0 Å². The van der Waals surface area contributed by atoms with Crippen LogP contribution in [-0.4, -0.2) is 44.6 Å². The Kier molecular flexibility index (Phi) is 23.3. The summed E-state index contributed by atoms with van der Waals surface area (Å²) in [6.07, 6.45) is -0.392. The van der Waals surface area contributed by atoms with Gasteiger partial charge in [-0.25, -0.2) is 14.5 Å². The standard InChI is InChI=1S/C5H12O2.2CH2O3/c1-2-3-4-5-7-6;2*2-1(3)4/h6H,2-5H2,1H3;2*(H2,2,3,4). The first-order valence-electron chi connectivity index (χ1n) is 3.98. The Bertz CT molecular complexity index is 122. The molecular formula is C7H16O8. The summed E-state index contributed by atoms with van der Waals surface area (Å²) in [5.74, 6) is 0. The van der Waals surface area contributed by atoms with Gasteiger partial charge < -0.3 is 20.4 Å². The van der Waals surface area contributed by atoms with Gasteiger partial charge in [0.1, 0.15) is 0 Å². The molecule has 0 atom stereocenters. The van der Waals surface area contributed by atoms with Crippen LogP contribution in [0.4, 0.5) is 9.59 Å². The first kappa shape index (κ1) is 19.1. The van der Waals surface area contributed by atoms with E-state index in [1.165, 1.54) is 6.42 Å². The lowest BCUT2D eigenvalue weighted by Crippen LogP contribution is -1.86. The number of rotatable bonds is 4. The number of carbonyl (C=O) groups is 2. The van der Waals surface area contributed by atoms with Crippen LogP contribution >= 0.6 is 0 Å². The lowest BCUT2D eigenvalue weighted by molar-refractivity contribution is -0.242. The topological polar surface area (TPSA) is 145 Å². The molecule has 92 valence electrons. The first-order chi connectivity index (χ1) is 6.88. The van der Waals surface area contributed by atoms with Gasteiger partial charge >= 0.3 is 12.3 Å². The van der Waals surface area contributed by atoms with Crippen molar-refractivity contribution >= 4 is 12.3 Å². The van der Waals surface area contributed by atoms with E-state index in [0.29, 0.717) is 6.61 Å². The molecule has 0 aromatic carbocycles. The number of hydrogen-bond acceptors (Lipinski definition) is 4.